The van der Waals surface area contributed by atoms with Gasteiger partial charge >= 0.3 is 6.09 Å². The Morgan fingerprint density at radius 2 is 2.20 bits per heavy atom. The third kappa shape index (κ3) is 4.24. The summed E-state index contributed by atoms with van der Waals surface area (Å²) >= 11 is 6.11. The van der Waals surface area contributed by atoms with Gasteiger partial charge < -0.3 is 19.1 Å². The van der Waals surface area contributed by atoms with Crippen molar-refractivity contribution in [3.8, 4) is 12.3 Å². The van der Waals surface area contributed by atoms with Crippen LogP contribution in [0.1, 0.15) is 51.2 Å². The van der Waals surface area contributed by atoms with Gasteiger partial charge in [-0.25, -0.2) is 4.79 Å². The molecule has 160 valence electrons. The summed E-state index contributed by atoms with van der Waals surface area (Å²) in [4.78, 5) is 20.8. The number of amides is 1. The number of aromatic nitrogens is 3. The minimum Gasteiger partial charge on any atom is -0.449 e. The monoisotopic (exact) mass is 432 g/mol. The Balaban J connectivity index is 1.50. The number of aliphatic hydroxyl groups is 1. The van der Waals surface area contributed by atoms with Gasteiger partial charge in [0.1, 0.15) is 17.7 Å². The molecule has 8 nitrogen and oxygen atoms in total. The summed E-state index contributed by atoms with van der Waals surface area (Å²) in [7, 11) is 0. The topological polar surface area (TPSA) is 98.5 Å². The molecule has 2 N–H and O–H groups in total. The third-order valence-electron chi connectivity index (χ3n) is 5.93. The van der Waals surface area contributed by atoms with Crippen LogP contribution < -0.4 is 5.32 Å². The minimum atomic E-state index is -0.998. The predicted octanol–water partition coefficient (Wildman–Crippen LogP) is 3.89. The van der Waals surface area contributed by atoms with E-state index in [0.717, 1.165) is 12.8 Å². The normalized spacial score (nSPS) is 24.6. The molecule has 2 aromatic heterocycles. The van der Waals surface area contributed by atoms with Gasteiger partial charge in [0.05, 0.1) is 18.6 Å². The summed E-state index contributed by atoms with van der Waals surface area (Å²) in [6.07, 6.45) is 13.3. The maximum atomic E-state index is 12.3. The number of anilines is 1. The average molecular weight is 433 g/mol. The van der Waals surface area contributed by atoms with Gasteiger partial charge in [0, 0.05) is 6.20 Å². The predicted molar refractivity (Wildman–Crippen MR) is 112 cm³/mol. The number of halogens is 1. The van der Waals surface area contributed by atoms with Gasteiger partial charge in [0.25, 0.3) is 0 Å². The maximum Gasteiger partial charge on any atom is 0.412 e. The molecule has 0 unspecified atom stereocenters. The molecule has 0 bridgehead atoms. The Morgan fingerprint density at radius 3 is 2.90 bits per heavy atom. The lowest BCUT2D eigenvalue weighted by Gasteiger charge is -2.22. The number of nitrogens with one attached hydrogen (secondary N) is 1. The highest BCUT2D eigenvalue weighted by atomic mass is 35.5. The second-order valence-corrected chi connectivity index (χ2v) is 8.28. The van der Waals surface area contributed by atoms with E-state index in [4.69, 9.17) is 27.5 Å². The minimum absolute atomic E-state index is 0.00611. The number of nitrogens with zero attached hydrogens (tertiary/aromatic N) is 3. The Morgan fingerprint density at radius 1 is 1.40 bits per heavy atom. The first-order valence-corrected chi connectivity index (χ1v) is 10.7. The first-order chi connectivity index (χ1) is 14.5. The van der Waals surface area contributed by atoms with Crippen LogP contribution in [0.3, 0.4) is 0 Å². The number of rotatable bonds is 5. The first-order valence-electron chi connectivity index (χ1n) is 10.3. The third-order valence-corrected chi connectivity index (χ3v) is 6.09. The SMILES string of the molecule is C#C[C@@]1(CO)CC[C@H](n2ccc3c(NC(=O)OCC4CCCCC4)nc(Cl)nc32)O1. The zero-order valence-corrected chi connectivity index (χ0v) is 17.4. The van der Waals surface area contributed by atoms with Gasteiger partial charge in [0.15, 0.2) is 5.60 Å². The molecular weight excluding hydrogens is 408 g/mol. The molecule has 1 saturated heterocycles. The van der Waals surface area contributed by atoms with E-state index in [0.29, 0.717) is 36.4 Å². The van der Waals surface area contributed by atoms with E-state index in [1.54, 1.807) is 16.8 Å². The van der Waals surface area contributed by atoms with Crippen molar-refractivity contribution in [1.82, 2.24) is 14.5 Å². The molecule has 0 spiro atoms. The molecule has 30 heavy (non-hydrogen) atoms. The molecule has 9 heteroatoms. The van der Waals surface area contributed by atoms with Gasteiger partial charge in [-0.05, 0) is 49.3 Å². The summed E-state index contributed by atoms with van der Waals surface area (Å²) in [6.45, 7) is 0.147. The fourth-order valence-corrected chi connectivity index (χ4v) is 4.38. The van der Waals surface area contributed by atoms with Gasteiger partial charge in [0.2, 0.25) is 5.28 Å². The van der Waals surface area contributed by atoms with Crippen molar-refractivity contribution in [2.75, 3.05) is 18.5 Å². The highest BCUT2D eigenvalue weighted by Crippen LogP contribution is 2.38. The van der Waals surface area contributed by atoms with Crippen LogP contribution in [0.2, 0.25) is 5.28 Å². The number of hydrogen-bond donors (Lipinski definition) is 2. The lowest BCUT2D eigenvalue weighted by atomic mass is 9.90. The smallest absolute Gasteiger partial charge is 0.412 e. The Bertz CT molecular complexity index is 966. The van der Waals surface area contributed by atoms with Gasteiger partial charge in [-0.2, -0.15) is 9.97 Å². The van der Waals surface area contributed by atoms with Crippen molar-refractivity contribution in [2.45, 2.75) is 56.8 Å². The second kappa shape index (κ2) is 8.80. The molecule has 4 rings (SSSR count). The Hall–Kier alpha value is -2.34. The lowest BCUT2D eigenvalue weighted by molar-refractivity contribution is -0.0615. The molecule has 2 atom stereocenters. The molecule has 1 amide bonds. The van der Waals surface area contributed by atoms with E-state index in [-0.39, 0.29) is 17.7 Å². The van der Waals surface area contributed by atoms with Crippen LogP contribution in [0, 0.1) is 18.3 Å². The molecule has 1 aliphatic carbocycles. The van der Waals surface area contributed by atoms with Crippen LogP contribution in [0.4, 0.5) is 10.6 Å². The molecule has 1 saturated carbocycles. The number of fused-ring (bicyclic) bond motifs is 1. The van der Waals surface area contributed by atoms with E-state index < -0.39 is 17.9 Å². The van der Waals surface area contributed by atoms with Crippen molar-refractivity contribution in [2.24, 2.45) is 5.92 Å². The molecule has 1 aliphatic heterocycles. The van der Waals surface area contributed by atoms with Crippen LogP contribution in [0.5, 0.6) is 0 Å². The number of ether oxygens (including phenoxy) is 2. The molecule has 3 heterocycles. The Labute approximate surface area is 179 Å². The largest absolute Gasteiger partial charge is 0.449 e. The first kappa shape index (κ1) is 20.9. The van der Waals surface area contributed by atoms with Crippen molar-refractivity contribution < 1.29 is 19.4 Å². The van der Waals surface area contributed by atoms with Gasteiger partial charge in [-0.15, -0.1) is 6.42 Å². The Kier molecular flexibility index (Phi) is 6.14. The quantitative estimate of drug-likeness (QED) is 0.549. The summed E-state index contributed by atoms with van der Waals surface area (Å²) in [5.74, 6) is 3.24. The highest BCUT2D eigenvalue weighted by molar-refractivity contribution is 6.28. The van der Waals surface area contributed by atoms with E-state index in [2.05, 4.69) is 21.2 Å². The molecular formula is C21H25ClN4O4. The van der Waals surface area contributed by atoms with Crippen LogP contribution in [0.15, 0.2) is 12.3 Å². The summed E-state index contributed by atoms with van der Waals surface area (Å²) in [6, 6.07) is 1.78. The van der Waals surface area contributed by atoms with E-state index in [1.807, 2.05) is 0 Å². The number of aliphatic hydroxyl groups excluding tert-OH is 1. The molecule has 2 aliphatic rings. The number of carbonyl (C=O) groups is 1. The standard InChI is InChI=1S/C21H25ClN4O4/c1-2-21(13-27)10-8-16(30-21)26-11-9-15-17(23-19(22)25-18(15)26)24-20(28)29-12-14-6-4-3-5-7-14/h1,9,11,14,16,27H,3-8,10,12-13H2,(H,23,24,25,28)/t16-,21+/m1/s1. The van der Waals surface area contributed by atoms with E-state index in [9.17, 15) is 9.90 Å². The summed E-state index contributed by atoms with van der Waals surface area (Å²) < 4.78 is 13.1. The summed E-state index contributed by atoms with van der Waals surface area (Å²) in [5, 5.41) is 12.9. The van der Waals surface area contributed by atoms with Crippen molar-refractivity contribution >= 4 is 34.5 Å². The van der Waals surface area contributed by atoms with Crippen LogP contribution in [-0.4, -0.2) is 44.5 Å². The van der Waals surface area contributed by atoms with Crippen LogP contribution in [0.25, 0.3) is 11.0 Å². The van der Waals surface area contributed by atoms with Crippen LogP contribution in [-0.2, 0) is 9.47 Å². The highest BCUT2D eigenvalue weighted by Gasteiger charge is 2.39. The van der Waals surface area contributed by atoms with Crippen molar-refractivity contribution in [3.63, 3.8) is 0 Å². The molecule has 2 aromatic rings. The molecule has 2 fully saturated rings. The number of carbonyl (C=O) groups excluding carboxylic acids is 1. The summed E-state index contributed by atoms with van der Waals surface area (Å²) in [5.41, 5.74) is -0.490. The zero-order chi connectivity index (χ0) is 21.1. The van der Waals surface area contributed by atoms with E-state index >= 15 is 0 Å². The lowest BCUT2D eigenvalue weighted by Crippen LogP contribution is -2.31. The molecule has 0 radical (unpaired) electrons. The molecule has 0 aromatic carbocycles. The van der Waals surface area contributed by atoms with Gasteiger partial charge in [-0.1, -0.05) is 25.2 Å². The van der Waals surface area contributed by atoms with Crippen molar-refractivity contribution in [3.05, 3.63) is 17.5 Å². The fraction of sp³-hybridized carbons (Fsp3) is 0.571. The number of terminal acetylenes is 1. The van der Waals surface area contributed by atoms with Crippen LogP contribution >= 0.6 is 11.6 Å². The van der Waals surface area contributed by atoms with Gasteiger partial charge in [-0.3, -0.25) is 5.32 Å². The maximum absolute atomic E-state index is 12.3. The average Bonchev–Trinajstić information content (AvgIpc) is 3.37. The second-order valence-electron chi connectivity index (χ2n) is 7.94. The number of hydrogen-bond acceptors (Lipinski definition) is 6. The zero-order valence-electron chi connectivity index (χ0n) is 16.6. The fourth-order valence-electron chi connectivity index (χ4n) is 4.21. The van der Waals surface area contributed by atoms with E-state index in [1.165, 1.54) is 19.3 Å². The van der Waals surface area contributed by atoms with Crippen molar-refractivity contribution in [1.29, 1.82) is 0 Å².